The van der Waals surface area contributed by atoms with Crippen molar-refractivity contribution < 1.29 is 9.90 Å². The Labute approximate surface area is 115 Å². The molecule has 1 aromatic heterocycles. The fourth-order valence-electron chi connectivity index (χ4n) is 1.56. The predicted octanol–water partition coefficient (Wildman–Crippen LogP) is 2.44. The Bertz CT molecular complexity index is 447. The molecule has 0 saturated carbocycles. The third-order valence-electron chi connectivity index (χ3n) is 4.00. The van der Waals surface area contributed by atoms with E-state index in [0.717, 1.165) is 5.69 Å². The molecule has 0 saturated heterocycles. The standard InChI is InChI=1S/C14H25N3O2/c1-10(2)17-8-7-11(16-17)9-15-14(5,6)13(3,4)12(18)19/h7-8,10,15H,9H2,1-6H3,(H,18,19). The molecule has 0 spiro atoms. The number of aromatic nitrogens is 2. The molecule has 0 radical (unpaired) electrons. The van der Waals surface area contributed by atoms with Gasteiger partial charge in [-0.3, -0.25) is 9.48 Å². The number of hydrogen-bond donors (Lipinski definition) is 2. The maximum absolute atomic E-state index is 11.3. The Kier molecular flexibility index (Phi) is 4.40. The first-order valence-corrected chi connectivity index (χ1v) is 6.60. The molecule has 0 aromatic carbocycles. The van der Waals surface area contributed by atoms with E-state index >= 15 is 0 Å². The van der Waals surface area contributed by atoms with Crippen LogP contribution in [-0.2, 0) is 11.3 Å². The zero-order valence-corrected chi connectivity index (χ0v) is 12.7. The molecule has 0 bridgehead atoms. The molecule has 5 heteroatoms. The minimum Gasteiger partial charge on any atom is -0.481 e. The third kappa shape index (κ3) is 3.35. The average Bonchev–Trinajstić information content (AvgIpc) is 2.74. The molecular formula is C14H25N3O2. The molecule has 0 aliphatic heterocycles. The monoisotopic (exact) mass is 267 g/mol. The van der Waals surface area contributed by atoms with Crippen molar-refractivity contribution in [3.8, 4) is 0 Å². The summed E-state index contributed by atoms with van der Waals surface area (Å²) in [5, 5.41) is 17.0. The first kappa shape index (κ1) is 15.7. The third-order valence-corrected chi connectivity index (χ3v) is 4.00. The zero-order valence-electron chi connectivity index (χ0n) is 12.7. The van der Waals surface area contributed by atoms with Crippen molar-refractivity contribution in [3.05, 3.63) is 18.0 Å². The average molecular weight is 267 g/mol. The van der Waals surface area contributed by atoms with Crippen LogP contribution in [0, 0.1) is 5.41 Å². The van der Waals surface area contributed by atoms with Crippen LogP contribution in [0.25, 0.3) is 0 Å². The van der Waals surface area contributed by atoms with Crippen LogP contribution in [0.4, 0.5) is 0 Å². The Balaban J connectivity index is 2.72. The molecule has 2 N–H and O–H groups in total. The van der Waals surface area contributed by atoms with Gasteiger partial charge in [-0.15, -0.1) is 0 Å². The SMILES string of the molecule is CC(C)n1ccc(CNC(C)(C)C(C)(C)C(=O)O)n1. The van der Waals surface area contributed by atoms with Crippen LogP contribution in [0.1, 0.15) is 53.3 Å². The highest BCUT2D eigenvalue weighted by molar-refractivity contribution is 5.75. The molecule has 0 aliphatic carbocycles. The maximum atomic E-state index is 11.3. The van der Waals surface area contributed by atoms with Crippen LogP contribution < -0.4 is 5.32 Å². The van der Waals surface area contributed by atoms with Crippen molar-refractivity contribution in [1.82, 2.24) is 15.1 Å². The van der Waals surface area contributed by atoms with E-state index in [4.69, 9.17) is 0 Å². The Morgan fingerprint density at radius 2 is 2.00 bits per heavy atom. The molecule has 1 aromatic rings. The Morgan fingerprint density at radius 3 is 2.42 bits per heavy atom. The van der Waals surface area contributed by atoms with Gasteiger partial charge in [-0.2, -0.15) is 5.10 Å². The molecule has 1 heterocycles. The number of rotatable bonds is 6. The molecule has 5 nitrogen and oxygen atoms in total. The van der Waals surface area contributed by atoms with Gasteiger partial charge in [0.25, 0.3) is 0 Å². The quantitative estimate of drug-likeness (QED) is 0.830. The minimum atomic E-state index is -0.854. The summed E-state index contributed by atoms with van der Waals surface area (Å²) in [5.74, 6) is -0.808. The van der Waals surface area contributed by atoms with Crippen molar-refractivity contribution in [2.45, 2.75) is 59.7 Å². The highest BCUT2D eigenvalue weighted by Crippen LogP contribution is 2.30. The number of aliphatic carboxylic acids is 1. The van der Waals surface area contributed by atoms with Gasteiger partial charge in [0.2, 0.25) is 0 Å². The van der Waals surface area contributed by atoms with Gasteiger partial charge in [0.05, 0.1) is 11.1 Å². The first-order valence-electron chi connectivity index (χ1n) is 6.60. The molecule has 19 heavy (non-hydrogen) atoms. The number of carboxylic acid groups (broad SMARTS) is 1. The topological polar surface area (TPSA) is 67.2 Å². The largest absolute Gasteiger partial charge is 0.481 e. The lowest BCUT2D eigenvalue weighted by molar-refractivity contribution is -0.151. The molecule has 0 fully saturated rings. The van der Waals surface area contributed by atoms with Gasteiger partial charge >= 0.3 is 5.97 Å². The second-order valence-corrected chi connectivity index (χ2v) is 6.29. The smallest absolute Gasteiger partial charge is 0.310 e. The van der Waals surface area contributed by atoms with E-state index in [1.165, 1.54) is 0 Å². The second kappa shape index (κ2) is 5.33. The Morgan fingerprint density at radius 1 is 1.42 bits per heavy atom. The van der Waals surface area contributed by atoms with Crippen LogP contribution in [0.15, 0.2) is 12.3 Å². The van der Waals surface area contributed by atoms with E-state index in [1.807, 2.05) is 30.8 Å². The minimum absolute atomic E-state index is 0.331. The zero-order chi connectivity index (χ0) is 14.8. The fourth-order valence-corrected chi connectivity index (χ4v) is 1.56. The highest BCUT2D eigenvalue weighted by Gasteiger charge is 2.43. The van der Waals surface area contributed by atoms with Crippen LogP contribution in [0.3, 0.4) is 0 Å². The van der Waals surface area contributed by atoms with E-state index in [1.54, 1.807) is 13.8 Å². The van der Waals surface area contributed by atoms with Gasteiger partial charge in [0.1, 0.15) is 0 Å². The molecular weight excluding hydrogens is 242 g/mol. The fraction of sp³-hybridized carbons (Fsp3) is 0.714. The van der Waals surface area contributed by atoms with E-state index in [-0.39, 0.29) is 0 Å². The molecule has 108 valence electrons. The van der Waals surface area contributed by atoms with Crippen molar-refractivity contribution in [2.24, 2.45) is 5.41 Å². The van der Waals surface area contributed by atoms with Gasteiger partial charge in [0.15, 0.2) is 0 Å². The van der Waals surface area contributed by atoms with Crippen LogP contribution in [0.2, 0.25) is 0 Å². The maximum Gasteiger partial charge on any atom is 0.310 e. The van der Waals surface area contributed by atoms with Crippen LogP contribution in [-0.4, -0.2) is 26.4 Å². The predicted molar refractivity (Wildman–Crippen MR) is 74.9 cm³/mol. The van der Waals surface area contributed by atoms with E-state index in [9.17, 15) is 9.90 Å². The van der Waals surface area contributed by atoms with Crippen LogP contribution >= 0.6 is 0 Å². The highest BCUT2D eigenvalue weighted by atomic mass is 16.4. The molecule has 0 atom stereocenters. The number of carbonyl (C=O) groups is 1. The number of carboxylic acids is 1. The lowest BCUT2D eigenvalue weighted by atomic mass is 9.74. The summed E-state index contributed by atoms with van der Waals surface area (Å²) in [4.78, 5) is 11.3. The van der Waals surface area contributed by atoms with Gasteiger partial charge < -0.3 is 10.4 Å². The summed E-state index contributed by atoms with van der Waals surface area (Å²) in [6.45, 7) is 12.0. The number of hydrogen-bond acceptors (Lipinski definition) is 3. The van der Waals surface area contributed by atoms with Gasteiger partial charge in [-0.1, -0.05) is 0 Å². The Hall–Kier alpha value is -1.36. The number of nitrogens with one attached hydrogen (secondary N) is 1. The van der Waals surface area contributed by atoms with E-state index < -0.39 is 16.9 Å². The van der Waals surface area contributed by atoms with Crippen molar-refractivity contribution in [3.63, 3.8) is 0 Å². The molecule has 1 rings (SSSR count). The van der Waals surface area contributed by atoms with Gasteiger partial charge in [0, 0.05) is 24.3 Å². The summed E-state index contributed by atoms with van der Waals surface area (Å²) in [7, 11) is 0. The van der Waals surface area contributed by atoms with E-state index in [2.05, 4.69) is 24.3 Å². The van der Waals surface area contributed by atoms with E-state index in [0.29, 0.717) is 12.6 Å². The van der Waals surface area contributed by atoms with Gasteiger partial charge in [-0.05, 0) is 47.6 Å². The summed E-state index contributed by atoms with van der Waals surface area (Å²) in [5.41, 5.74) is -0.461. The lowest BCUT2D eigenvalue weighted by Crippen LogP contribution is -2.54. The summed E-state index contributed by atoms with van der Waals surface area (Å²) in [6.07, 6.45) is 1.94. The summed E-state index contributed by atoms with van der Waals surface area (Å²) < 4.78 is 1.90. The second-order valence-electron chi connectivity index (χ2n) is 6.29. The first-order chi connectivity index (χ1) is 8.58. The lowest BCUT2D eigenvalue weighted by Gasteiger charge is -2.38. The molecule has 0 amide bonds. The van der Waals surface area contributed by atoms with Crippen molar-refractivity contribution >= 4 is 5.97 Å². The number of nitrogens with zero attached hydrogens (tertiary/aromatic N) is 2. The van der Waals surface area contributed by atoms with Crippen molar-refractivity contribution in [2.75, 3.05) is 0 Å². The molecule has 0 aliphatic rings. The summed E-state index contributed by atoms with van der Waals surface area (Å²) in [6, 6.07) is 2.29. The van der Waals surface area contributed by atoms with Crippen molar-refractivity contribution in [1.29, 1.82) is 0 Å². The van der Waals surface area contributed by atoms with Crippen LogP contribution in [0.5, 0.6) is 0 Å². The van der Waals surface area contributed by atoms with Gasteiger partial charge in [-0.25, -0.2) is 0 Å². The molecule has 0 unspecified atom stereocenters. The normalized spacial score (nSPS) is 13.0. The summed E-state index contributed by atoms with van der Waals surface area (Å²) >= 11 is 0.